The molecule has 2 aromatic heterocycles. The molecule has 0 spiro atoms. The summed E-state index contributed by atoms with van der Waals surface area (Å²) >= 11 is 50.4. The van der Waals surface area contributed by atoms with Crippen LogP contribution in [0.25, 0.3) is 0 Å². The number of nitrogen functional groups attached to an aromatic ring is 1. The first-order valence-electron chi connectivity index (χ1n) is 9.82. The first-order valence-corrected chi connectivity index (χ1v) is 13.2. The van der Waals surface area contributed by atoms with Gasteiger partial charge in [-0.2, -0.15) is 0 Å². The Morgan fingerprint density at radius 3 is 1.46 bits per heavy atom. The lowest BCUT2D eigenvalue weighted by molar-refractivity contribution is 0.102. The van der Waals surface area contributed by atoms with Crippen LogP contribution in [0, 0.1) is 0 Å². The molecule has 0 radical (unpaired) electrons. The van der Waals surface area contributed by atoms with Crippen LogP contribution < -0.4 is 11.1 Å². The average molecular weight is 710 g/mol. The minimum atomic E-state index is -0.702. The van der Waals surface area contributed by atoms with Crippen molar-refractivity contribution in [2.45, 2.75) is 0 Å². The molecular weight excluding hydrogens is 699 g/mol. The maximum atomic E-state index is 12.0. The van der Waals surface area contributed by atoms with Gasteiger partial charge in [0.15, 0.2) is 0 Å². The Labute approximate surface area is 266 Å². The van der Waals surface area contributed by atoms with Crippen molar-refractivity contribution in [2.75, 3.05) is 11.1 Å². The Bertz CT molecular complexity index is 1470. The van der Waals surface area contributed by atoms with Gasteiger partial charge in [-0.05, 0) is 59.1 Å². The second kappa shape index (κ2) is 15.8. The minimum Gasteiger partial charge on any atom is -0.396 e. The number of hydrogen-bond donors (Lipinski definition) is 2. The van der Waals surface area contributed by atoms with Crippen molar-refractivity contribution in [3.63, 3.8) is 0 Å². The fourth-order valence-corrected chi connectivity index (χ4v) is 4.13. The largest absolute Gasteiger partial charge is 0.396 e. The summed E-state index contributed by atoms with van der Waals surface area (Å²) in [6.07, 6.45) is 2.39. The van der Waals surface area contributed by atoms with Gasteiger partial charge in [0.25, 0.3) is 11.1 Å². The molecular formula is C22H11Cl9N6O2. The van der Waals surface area contributed by atoms with E-state index < -0.39 is 11.1 Å². The summed E-state index contributed by atoms with van der Waals surface area (Å²) in [4.78, 5) is 36.9. The van der Waals surface area contributed by atoms with E-state index in [1.54, 1.807) is 36.4 Å². The van der Waals surface area contributed by atoms with Gasteiger partial charge in [0.2, 0.25) is 10.6 Å². The third-order valence-corrected chi connectivity index (χ3v) is 6.52. The average Bonchev–Trinajstić information content (AvgIpc) is 2.85. The Morgan fingerprint density at radius 1 is 0.667 bits per heavy atom. The predicted molar refractivity (Wildman–Crippen MR) is 160 cm³/mol. The summed E-state index contributed by atoms with van der Waals surface area (Å²) in [6, 6.07) is 10.0. The zero-order valence-corrected chi connectivity index (χ0v) is 25.5. The molecule has 204 valence electrons. The van der Waals surface area contributed by atoms with E-state index in [9.17, 15) is 9.59 Å². The molecule has 8 nitrogen and oxygen atoms in total. The van der Waals surface area contributed by atoms with Crippen LogP contribution in [-0.4, -0.2) is 31.1 Å². The van der Waals surface area contributed by atoms with Crippen LogP contribution >= 0.6 is 104 Å². The van der Waals surface area contributed by atoms with Gasteiger partial charge < -0.3 is 11.1 Å². The molecule has 0 saturated carbocycles. The highest BCUT2D eigenvalue weighted by Gasteiger charge is 2.16. The van der Waals surface area contributed by atoms with Gasteiger partial charge in [0.05, 0.1) is 42.6 Å². The van der Waals surface area contributed by atoms with Crippen molar-refractivity contribution in [3.05, 3.63) is 101 Å². The number of carbonyl (C=O) groups excluding carboxylic acids is 2. The standard InChI is InChI=1S/C11H5Cl4N3O.C6H5Cl2N.C5HCl3N2O/c12-6-2-1-3-7(13)8(6)17-10(19)5-4-16-11(15)18-9(5)14;7-4-2-1-3-5(8)6(4)9;6-3-2(4(7)11)1-9-5(8)10-3/h1-4H,(H,17,19);1-3H,9H2;1H. The lowest BCUT2D eigenvalue weighted by atomic mass is 10.2. The van der Waals surface area contributed by atoms with E-state index in [-0.39, 0.29) is 32.0 Å². The van der Waals surface area contributed by atoms with Crippen LogP contribution in [0.15, 0.2) is 48.8 Å². The number of benzene rings is 2. The van der Waals surface area contributed by atoms with Gasteiger partial charge in [0.1, 0.15) is 10.3 Å². The fraction of sp³-hybridized carbons (Fsp3) is 0. The molecule has 17 heteroatoms. The molecule has 3 N–H and O–H groups in total. The third-order valence-electron chi connectivity index (χ3n) is 4.08. The fourth-order valence-electron chi connectivity index (χ4n) is 2.28. The number of para-hydroxylation sites is 2. The van der Waals surface area contributed by atoms with Gasteiger partial charge in [-0.3, -0.25) is 9.59 Å². The first-order chi connectivity index (χ1) is 18.3. The Balaban J connectivity index is 0.000000226. The Hall–Kier alpha value is -1.85. The number of hydrogen-bond acceptors (Lipinski definition) is 7. The first kappa shape index (κ1) is 33.4. The summed E-state index contributed by atoms with van der Waals surface area (Å²) in [6.45, 7) is 0. The molecule has 2 aromatic carbocycles. The summed E-state index contributed by atoms with van der Waals surface area (Å²) in [5, 5.41) is 3.32. The van der Waals surface area contributed by atoms with Gasteiger partial charge in [-0.15, -0.1) is 0 Å². The smallest absolute Gasteiger partial charge is 0.260 e. The zero-order valence-electron chi connectivity index (χ0n) is 18.7. The summed E-state index contributed by atoms with van der Waals surface area (Å²) in [7, 11) is 0. The number of nitrogens with two attached hydrogens (primary N) is 1. The van der Waals surface area contributed by atoms with E-state index in [1.165, 1.54) is 12.4 Å². The highest BCUT2D eigenvalue weighted by Crippen LogP contribution is 2.30. The summed E-state index contributed by atoms with van der Waals surface area (Å²) in [5.74, 6) is -0.531. The van der Waals surface area contributed by atoms with Crippen LogP contribution in [0.2, 0.25) is 41.0 Å². The van der Waals surface area contributed by atoms with Gasteiger partial charge in [-0.25, -0.2) is 19.9 Å². The van der Waals surface area contributed by atoms with Crippen LogP contribution in [0.1, 0.15) is 20.7 Å². The van der Waals surface area contributed by atoms with Crippen molar-refractivity contribution < 1.29 is 9.59 Å². The van der Waals surface area contributed by atoms with Crippen molar-refractivity contribution in [1.29, 1.82) is 0 Å². The van der Waals surface area contributed by atoms with Crippen molar-refractivity contribution >= 4 is 127 Å². The van der Waals surface area contributed by atoms with Crippen LogP contribution in [0.5, 0.6) is 0 Å². The molecule has 39 heavy (non-hydrogen) atoms. The lowest BCUT2D eigenvalue weighted by Crippen LogP contribution is -2.14. The van der Waals surface area contributed by atoms with Gasteiger partial charge >= 0.3 is 0 Å². The van der Waals surface area contributed by atoms with Crippen molar-refractivity contribution in [3.8, 4) is 0 Å². The minimum absolute atomic E-state index is 0.0170. The number of nitrogens with one attached hydrogen (secondary N) is 1. The van der Waals surface area contributed by atoms with E-state index in [0.717, 1.165) is 0 Å². The Kier molecular flexibility index (Phi) is 13.5. The maximum Gasteiger partial charge on any atom is 0.260 e. The monoisotopic (exact) mass is 706 g/mol. The second-order valence-corrected chi connectivity index (χ2v) is 10.0. The number of carbonyl (C=O) groups is 2. The van der Waals surface area contributed by atoms with E-state index in [1.807, 2.05) is 0 Å². The Morgan fingerprint density at radius 2 is 1.08 bits per heavy atom. The molecule has 0 unspecified atom stereocenters. The highest BCUT2D eigenvalue weighted by atomic mass is 35.5. The van der Waals surface area contributed by atoms with Crippen LogP contribution in [-0.2, 0) is 0 Å². The second-order valence-electron chi connectivity index (χ2n) is 6.65. The molecule has 0 atom stereocenters. The molecule has 0 fully saturated rings. The van der Waals surface area contributed by atoms with Crippen LogP contribution in [0.3, 0.4) is 0 Å². The number of nitrogens with zero attached hydrogens (tertiary/aromatic N) is 4. The quantitative estimate of drug-likeness (QED) is 0.0941. The highest BCUT2D eigenvalue weighted by molar-refractivity contribution is 6.68. The molecule has 0 saturated heterocycles. The van der Waals surface area contributed by atoms with E-state index in [0.29, 0.717) is 31.5 Å². The molecule has 1 amide bonds. The molecule has 4 rings (SSSR count). The van der Waals surface area contributed by atoms with Gasteiger partial charge in [-0.1, -0.05) is 81.7 Å². The molecule has 0 aliphatic heterocycles. The van der Waals surface area contributed by atoms with Gasteiger partial charge in [0, 0.05) is 12.4 Å². The van der Waals surface area contributed by atoms with Crippen molar-refractivity contribution in [1.82, 2.24) is 19.9 Å². The van der Waals surface area contributed by atoms with E-state index in [2.05, 4.69) is 25.3 Å². The number of anilines is 2. The van der Waals surface area contributed by atoms with E-state index >= 15 is 0 Å². The van der Waals surface area contributed by atoms with E-state index in [4.69, 9.17) is 110 Å². The maximum absolute atomic E-state index is 12.0. The molecule has 4 aromatic rings. The third kappa shape index (κ3) is 10.2. The molecule has 2 heterocycles. The number of amides is 1. The normalized spacial score (nSPS) is 9.97. The molecule has 0 aliphatic rings. The number of halogens is 9. The lowest BCUT2D eigenvalue weighted by Gasteiger charge is -2.09. The summed E-state index contributed by atoms with van der Waals surface area (Å²) < 4.78 is 0. The van der Waals surface area contributed by atoms with Crippen LogP contribution in [0.4, 0.5) is 11.4 Å². The SMILES string of the molecule is Nc1c(Cl)cccc1Cl.O=C(Cl)c1cnc(Cl)nc1Cl.O=C(Nc1c(Cl)cccc1Cl)c1cnc(Cl)nc1Cl. The number of rotatable bonds is 3. The topological polar surface area (TPSA) is 124 Å². The molecule has 0 aliphatic carbocycles. The molecule has 0 bridgehead atoms. The predicted octanol–water partition coefficient (Wildman–Crippen LogP) is 9.08. The summed E-state index contributed by atoms with van der Waals surface area (Å²) in [5.41, 5.74) is 6.28. The van der Waals surface area contributed by atoms with Crippen molar-refractivity contribution in [2.24, 2.45) is 0 Å². The number of aromatic nitrogens is 4. The zero-order chi connectivity index (χ0) is 29.3.